The standard InChI is InChI=1S/C30H18N4O2/c1-31-22-15-16-25-26(17-22)33-27(20-7-3-2-4-8-20)28(32-25)21-13-11-19(12-14-21)18-34-29(35)23-9-5-6-10-24(23)30(34)36/h2-17H,18H2. The number of carbonyl (C=O) groups is 2. The molecule has 0 bridgehead atoms. The van der Waals surface area contributed by atoms with Gasteiger partial charge in [0.2, 0.25) is 0 Å². The molecule has 6 rings (SSSR count). The molecular weight excluding hydrogens is 448 g/mol. The Morgan fingerprint density at radius 1 is 0.667 bits per heavy atom. The Morgan fingerprint density at radius 2 is 1.25 bits per heavy atom. The molecule has 0 radical (unpaired) electrons. The van der Waals surface area contributed by atoms with Gasteiger partial charge in [0.25, 0.3) is 11.8 Å². The lowest BCUT2D eigenvalue weighted by Crippen LogP contribution is -2.29. The van der Waals surface area contributed by atoms with Crippen molar-refractivity contribution in [1.82, 2.24) is 14.9 Å². The fourth-order valence-electron chi connectivity index (χ4n) is 4.44. The van der Waals surface area contributed by atoms with E-state index < -0.39 is 0 Å². The summed E-state index contributed by atoms with van der Waals surface area (Å²) < 4.78 is 0. The van der Waals surface area contributed by atoms with Gasteiger partial charge in [0, 0.05) is 11.1 Å². The number of benzene rings is 4. The number of nitrogens with zero attached hydrogens (tertiary/aromatic N) is 4. The van der Waals surface area contributed by atoms with Crippen molar-refractivity contribution in [1.29, 1.82) is 0 Å². The summed E-state index contributed by atoms with van der Waals surface area (Å²) in [7, 11) is 0. The zero-order valence-electron chi connectivity index (χ0n) is 19.1. The Morgan fingerprint density at radius 3 is 1.89 bits per heavy atom. The lowest BCUT2D eigenvalue weighted by molar-refractivity contribution is 0.0642. The van der Waals surface area contributed by atoms with E-state index in [4.69, 9.17) is 16.5 Å². The first-order chi connectivity index (χ1) is 17.6. The monoisotopic (exact) mass is 466 g/mol. The lowest BCUT2D eigenvalue weighted by atomic mass is 10.0. The molecular formula is C30H18N4O2. The topological polar surface area (TPSA) is 67.5 Å². The lowest BCUT2D eigenvalue weighted by Gasteiger charge is -2.15. The van der Waals surface area contributed by atoms with Crippen LogP contribution < -0.4 is 0 Å². The molecule has 0 N–H and O–H groups in total. The van der Waals surface area contributed by atoms with Gasteiger partial charge in [-0.15, -0.1) is 0 Å². The number of hydrogen-bond acceptors (Lipinski definition) is 4. The van der Waals surface area contributed by atoms with Crippen LogP contribution in [0.5, 0.6) is 0 Å². The highest BCUT2D eigenvalue weighted by Crippen LogP contribution is 2.32. The summed E-state index contributed by atoms with van der Waals surface area (Å²) in [6.45, 7) is 7.50. The molecule has 0 spiro atoms. The van der Waals surface area contributed by atoms with Crippen molar-refractivity contribution in [3.63, 3.8) is 0 Å². The van der Waals surface area contributed by atoms with Crippen LogP contribution in [0.15, 0.2) is 97.1 Å². The van der Waals surface area contributed by atoms with Gasteiger partial charge in [-0.3, -0.25) is 14.5 Å². The fourth-order valence-corrected chi connectivity index (χ4v) is 4.44. The van der Waals surface area contributed by atoms with E-state index in [9.17, 15) is 9.59 Å². The second-order valence-corrected chi connectivity index (χ2v) is 8.51. The van der Waals surface area contributed by atoms with Crippen LogP contribution in [0.2, 0.25) is 0 Å². The van der Waals surface area contributed by atoms with Gasteiger partial charge in [-0.05, 0) is 29.8 Å². The van der Waals surface area contributed by atoms with Crippen LogP contribution in [0.1, 0.15) is 26.3 Å². The van der Waals surface area contributed by atoms with Crippen LogP contribution in [-0.2, 0) is 6.54 Å². The van der Waals surface area contributed by atoms with Crippen molar-refractivity contribution in [3.05, 3.63) is 125 Å². The molecule has 1 aromatic heterocycles. The maximum absolute atomic E-state index is 12.7. The number of imide groups is 1. The Kier molecular flexibility index (Phi) is 5.09. The third kappa shape index (κ3) is 3.60. The summed E-state index contributed by atoms with van der Waals surface area (Å²) in [6.07, 6.45) is 0. The summed E-state index contributed by atoms with van der Waals surface area (Å²) in [6, 6.07) is 29.7. The van der Waals surface area contributed by atoms with Crippen LogP contribution in [0.3, 0.4) is 0 Å². The molecule has 5 aromatic rings. The summed E-state index contributed by atoms with van der Waals surface area (Å²) in [5.41, 5.74) is 6.83. The number of fused-ring (bicyclic) bond motifs is 2. The third-order valence-corrected chi connectivity index (χ3v) is 6.27. The summed E-state index contributed by atoms with van der Waals surface area (Å²) in [5.74, 6) is -0.546. The smallest absolute Gasteiger partial charge is 0.261 e. The van der Waals surface area contributed by atoms with Crippen molar-refractivity contribution in [3.8, 4) is 22.5 Å². The second kappa shape index (κ2) is 8.57. The van der Waals surface area contributed by atoms with E-state index in [0.717, 1.165) is 28.1 Å². The van der Waals surface area contributed by atoms with Gasteiger partial charge < -0.3 is 0 Å². The second-order valence-electron chi connectivity index (χ2n) is 8.51. The molecule has 170 valence electrons. The zero-order chi connectivity index (χ0) is 24.6. The van der Waals surface area contributed by atoms with E-state index in [-0.39, 0.29) is 18.4 Å². The van der Waals surface area contributed by atoms with Gasteiger partial charge in [-0.1, -0.05) is 72.8 Å². The highest BCUT2D eigenvalue weighted by molar-refractivity contribution is 6.21. The van der Waals surface area contributed by atoms with Crippen LogP contribution in [0.4, 0.5) is 5.69 Å². The first kappa shape index (κ1) is 21.4. The molecule has 0 aliphatic carbocycles. The van der Waals surface area contributed by atoms with E-state index in [1.54, 1.807) is 36.4 Å². The SMILES string of the molecule is [C-]#[N+]c1ccc2nc(-c3ccc(CN4C(=O)c5ccccc5C4=O)cc3)c(-c3ccccc3)nc2c1. The summed E-state index contributed by atoms with van der Waals surface area (Å²) in [5, 5.41) is 0. The van der Waals surface area contributed by atoms with E-state index in [0.29, 0.717) is 27.8 Å². The molecule has 6 nitrogen and oxygen atoms in total. The van der Waals surface area contributed by atoms with E-state index in [2.05, 4.69) is 4.85 Å². The quantitative estimate of drug-likeness (QED) is 0.230. The largest absolute Gasteiger partial charge is 0.270 e. The zero-order valence-corrected chi connectivity index (χ0v) is 19.1. The molecule has 4 aromatic carbocycles. The number of aromatic nitrogens is 2. The summed E-state index contributed by atoms with van der Waals surface area (Å²) in [4.78, 5) is 40.0. The van der Waals surface area contributed by atoms with E-state index in [1.165, 1.54) is 4.90 Å². The van der Waals surface area contributed by atoms with Gasteiger partial charge >= 0.3 is 0 Å². The van der Waals surface area contributed by atoms with Gasteiger partial charge in [-0.2, -0.15) is 0 Å². The summed E-state index contributed by atoms with van der Waals surface area (Å²) >= 11 is 0. The number of hydrogen-bond donors (Lipinski definition) is 0. The first-order valence-corrected chi connectivity index (χ1v) is 11.4. The average Bonchev–Trinajstić information content (AvgIpc) is 3.18. The molecule has 1 aliphatic heterocycles. The molecule has 0 saturated heterocycles. The minimum atomic E-state index is -0.273. The third-order valence-electron chi connectivity index (χ3n) is 6.27. The number of carbonyl (C=O) groups excluding carboxylic acids is 2. The molecule has 6 heteroatoms. The maximum Gasteiger partial charge on any atom is 0.261 e. The number of amides is 2. The molecule has 0 fully saturated rings. The molecule has 0 saturated carbocycles. The van der Waals surface area contributed by atoms with Gasteiger partial charge in [0.15, 0.2) is 5.69 Å². The maximum atomic E-state index is 12.7. The minimum Gasteiger partial charge on any atom is -0.270 e. The first-order valence-electron chi connectivity index (χ1n) is 11.4. The Balaban J connectivity index is 1.37. The van der Waals surface area contributed by atoms with Crippen molar-refractivity contribution in [2.45, 2.75) is 6.54 Å². The normalized spacial score (nSPS) is 12.6. The molecule has 36 heavy (non-hydrogen) atoms. The van der Waals surface area contributed by atoms with Gasteiger partial charge in [-0.25, -0.2) is 14.8 Å². The van der Waals surface area contributed by atoms with Gasteiger partial charge in [0.1, 0.15) is 0 Å². The molecule has 0 atom stereocenters. The molecule has 2 heterocycles. The van der Waals surface area contributed by atoms with Crippen molar-refractivity contribution in [2.75, 3.05) is 0 Å². The highest BCUT2D eigenvalue weighted by Gasteiger charge is 2.34. The van der Waals surface area contributed by atoms with Crippen molar-refractivity contribution < 1.29 is 9.59 Å². The predicted octanol–water partition coefficient (Wildman–Crippen LogP) is 6.31. The van der Waals surface area contributed by atoms with Gasteiger partial charge in [0.05, 0.1) is 46.7 Å². The highest BCUT2D eigenvalue weighted by atomic mass is 16.2. The van der Waals surface area contributed by atoms with Crippen LogP contribution in [0, 0.1) is 6.57 Å². The fraction of sp³-hybridized carbons (Fsp3) is 0.0333. The molecule has 0 unspecified atom stereocenters. The Labute approximate surface area is 207 Å². The molecule has 1 aliphatic rings. The van der Waals surface area contributed by atoms with Crippen molar-refractivity contribution in [2.24, 2.45) is 0 Å². The number of rotatable bonds is 4. The van der Waals surface area contributed by atoms with E-state index in [1.807, 2.05) is 60.7 Å². The van der Waals surface area contributed by atoms with E-state index >= 15 is 0 Å². The van der Waals surface area contributed by atoms with Crippen LogP contribution in [-0.4, -0.2) is 26.7 Å². The predicted molar refractivity (Wildman–Crippen MR) is 137 cm³/mol. The minimum absolute atomic E-state index is 0.195. The Bertz CT molecular complexity index is 1670. The molecule has 2 amide bonds. The van der Waals surface area contributed by atoms with Crippen LogP contribution >= 0.6 is 0 Å². The average molecular weight is 467 g/mol. The van der Waals surface area contributed by atoms with Crippen LogP contribution in [0.25, 0.3) is 38.4 Å². The Hall–Kier alpha value is -5.15. The van der Waals surface area contributed by atoms with Crippen molar-refractivity contribution >= 4 is 28.5 Å².